The molecule has 1 saturated heterocycles. The van der Waals surface area contributed by atoms with Gasteiger partial charge in [0, 0.05) is 18.1 Å². The molecule has 0 bridgehead atoms. The molecule has 0 radical (unpaired) electrons. The van der Waals surface area contributed by atoms with E-state index in [2.05, 4.69) is 10.3 Å². The Balaban J connectivity index is 1.84. The SMILES string of the molecule is O=C1CN(Cc2ccc3ncccc3c2)C(=O)CN1. The van der Waals surface area contributed by atoms with E-state index in [0.29, 0.717) is 6.54 Å². The molecule has 2 aromatic rings. The molecule has 3 rings (SSSR count). The molecule has 2 amide bonds. The number of rotatable bonds is 2. The molecule has 5 heteroatoms. The molecule has 0 unspecified atom stereocenters. The highest BCUT2D eigenvalue weighted by Gasteiger charge is 2.22. The Kier molecular flexibility index (Phi) is 2.87. The topological polar surface area (TPSA) is 62.3 Å². The van der Waals surface area contributed by atoms with Gasteiger partial charge in [0.05, 0.1) is 18.6 Å². The lowest BCUT2D eigenvalue weighted by atomic mass is 10.1. The zero-order valence-corrected chi connectivity index (χ0v) is 10.3. The normalized spacial score (nSPS) is 15.7. The van der Waals surface area contributed by atoms with Crippen molar-refractivity contribution in [3.63, 3.8) is 0 Å². The van der Waals surface area contributed by atoms with E-state index >= 15 is 0 Å². The smallest absolute Gasteiger partial charge is 0.242 e. The lowest BCUT2D eigenvalue weighted by Crippen LogP contribution is -2.50. The van der Waals surface area contributed by atoms with Crippen LogP contribution in [0.25, 0.3) is 10.9 Å². The maximum atomic E-state index is 11.7. The van der Waals surface area contributed by atoms with Crippen molar-refractivity contribution in [3.8, 4) is 0 Å². The van der Waals surface area contributed by atoms with E-state index in [1.54, 1.807) is 11.1 Å². The zero-order valence-electron chi connectivity index (χ0n) is 10.3. The van der Waals surface area contributed by atoms with Gasteiger partial charge in [0.1, 0.15) is 0 Å². The molecule has 1 aromatic heterocycles. The van der Waals surface area contributed by atoms with Gasteiger partial charge >= 0.3 is 0 Å². The van der Waals surface area contributed by atoms with Gasteiger partial charge in [-0.1, -0.05) is 12.1 Å². The van der Waals surface area contributed by atoms with Crippen LogP contribution in [0, 0.1) is 0 Å². The van der Waals surface area contributed by atoms with Gasteiger partial charge in [-0.2, -0.15) is 0 Å². The fourth-order valence-corrected chi connectivity index (χ4v) is 2.19. The summed E-state index contributed by atoms with van der Waals surface area (Å²) in [6.45, 7) is 0.676. The maximum absolute atomic E-state index is 11.7. The van der Waals surface area contributed by atoms with E-state index in [9.17, 15) is 9.59 Å². The average molecular weight is 255 g/mol. The summed E-state index contributed by atoms with van der Waals surface area (Å²) in [7, 11) is 0. The summed E-state index contributed by atoms with van der Waals surface area (Å²) >= 11 is 0. The van der Waals surface area contributed by atoms with E-state index < -0.39 is 0 Å². The number of carbonyl (C=O) groups excluding carboxylic acids is 2. The third-order valence-corrected chi connectivity index (χ3v) is 3.16. The quantitative estimate of drug-likeness (QED) is 0.859. The van der Waals surface area contributed by atoms with Crippen LogP contribution in [0.2, 0.25) is 0 Å². The number of pyridine rings is 1. The number of hydrogen-bond donors (Lipinski definition) is 1. The predicted octanol–water partition coefficient (Wildman–Crippen LogP) is 0.693. The van der Waals surface area contributed by atoms with Crippen LogP contribution in [-0.2, 0) is 16.1 Å². The minimum atomic E-state index is -0.109. The third kappa shape index (κ3) is 2.40. The van der Waals surface area contributed by atoms with Gasteiger partial charge in [0.2, 0.25) is 11.8 Å². The molecule has 0 aliphatic carbocycles. The van der Waals surface area contributed by atoms with Crippen LogP contribution in [0.5, 0.6) is 0 Å². The number of carbonyl (C=O) groups is 2. The second kappa shape index (κ2) is 4.68. The maximum Gasteiger partial charge on any atom is 0.242 e. The van der Waals surface area contributed by atoms with E-state index in [0.717, 1.165) is 16.5 Å². The molecule has 1 aliphatic heterocycles. The molecule has 96 valence electrons. The first-order valence-corrected chi connectivity index (χ1v) is 6.10. The highest BCUT2D eigenvalue weighted by molar-refractivity contribution is 5.92. The van der Waals surface area contributed by atoms with Crippen LogP contribution in [0.3, 0.4) is 0 Å². The molecule has 1 fully saturated rings. The average Bonchev–Trinajstić information content (AvgIpc) is 2.43. The standard InChI is InChI=1S/C14H13N3O2/c18-13-9-17(14(19)7-16-13)8-10-3-4-12-11(6-10)2-1-5-15-12/h1-6H,7-9H2,(H,16,18). The van der Waals surface area contributed by atoms with Gasteiger partial charge in [-0.05, 0) is 23.8 Å². The summed E-state index contributed by atoms with van der Waals surface area (Å²) in [6, 6.07) is 9.73. The van der Waals surface area contributed by atoms with Gasteiger partial charge in [-0.3, -0.25) is 14.6 Å². The van der Waals surface area contributed by atoms with Crippen molar-refractivity contribution in [1.29, 1.82) is 0 Å². The second-order valence-corrected chi connectivity index (χ2v) is 4.56. The van der Waals surface area contributed by atoms with Crippen LogP contribution in [-0.4, -0.2) is 34.8 Å². The first-order valence-electron chi connectivity index (χ1n) is 6.10. The molecule has 0 spiro atoms. The van der Waals surface area contributed by atoms with Crippen molar-refractivity contribution in [2.24, 2.45) is 0 Å². The Morgan fingerprint density at radius 1 is 1.26 bits per heavy atom. The van der Waals surface area contributed by atoms with Crippen molar-refractivity contribution in [2.45, 2.75) is 6.54 Å². The molecular weight excluding hydrogens is 242 g/mol. The number of amides is 2. The predicted molar refractivity (Wildman–Crippen MR) is 70.2 cm³/mol. The molecule has 0 atom stereocenters. The van der Waals surface area contributed by atoms with Crippen LogP contribution >= 0.6 is 0 Å². The summed E-state index contributed by atoms with van der Waals surface area (Å²) in [6.07, 6.45) is 1.75. The van der Waals surface area contributed by atoms with Gasteiger partial charge < -0.3 is 10.2 Å². The number of piperazine rings is 1. The number of hydrogen-bond acceptors (Lipinski definition) is 3. The Morgan fingerprint density at radius 2 is 2.16 bits per heavy atom. The van der Waals surface area contributed by atoms with Gasteiger partial charge in [-0.25, -0.2) is 0 Å². The highest BCUT2D eigenvalue weighted by atomic mass is 16.2. The Labute approximate surface area is 110 Å². The molecule has 1 aromatic carbocycles. The first-order chi connectivity index (χ1) is 9.22. The Hall–Kier alpha value is -2.43. The molecule has 1 aliphatic rings. The Bertz CT molecular complexity index is 654. The molecule has 19 heavy (non-hydrogen) atoms. The van der Waals surface area contributed by atoms with Crippen LogP contribution in [0.4, 0.5) is 0 Å². The summed E-state index contributed by atoms with van der Waals surface area (Å²) in [5, 5.41) is 3.57. The molecule has 0 saturated carbocycles. The van der Waals surface area contributed by atoms with E-state index in [1.807, 2.05) is 30.3 Å². The molecule has 2 heterocycles. The van der Waals surface area contributed by atoms with Crippen molar-refractivity contribution >= 4 is 22.7 Å². The minimum absolute atomic E-state index is 0.0501. The van der Waals surface area contributed by atoms with E-state index in [1.165, 1.54) is 0 Å². The largest absolute Gasteiger partial charge is 0.345 e. The fraction of sp³-hybridized carbons (Fsp3) is 0.214. The summed E-state index contributed by atoms with van der Waals surface area (Å²) in [5.74, 6) is -0.159. The number of nitrogens with zero attached hydrogens (tertiary/aromatic N) is 2. The van der Waals surface area contributed by atoms with Crippen molar-refractivity contribution < 1.29 is 9.59 Å². The number of nitrogens with one attached hydrogen (secondary N) is 1. The zero-order chi connectivity index (χ0) is 13.2. The van der Waals surface area contributed by atoms with Gasteiger partial charge in [0.25, 0.3) is 0 Å². The number of aromatic nitrogens is 1. The second-order valence-electron chi connectivity index (χ2n) is 4.56. The Morgan fingerprint density at radius 3 is 3.05 bits per heavy atom. The number of benzene rings is 1. The highest BCUT2D eigenvalue weighted by Crippen LogP contribution is 2.15. The first kappa shape index (κ1) is 11.6. The third-order valence-electron chi connectivity index (χ3n) is 3.16. The van der Waals surface area contributed by atoms with Gasteiger partial charge in [0.15, 0.2) is 0 Å². The molecule has 5 nitrogen and oxygen atoms in total. The lowest BCUT2D eigenvalue weighted by Gasteiger charge is -2.26. The van der Waals surface area contributed by atoms with E-state index in [4.69, 9.17) is 0 Å². The monoisotopic (exact) mass is 255 g/mol. The molecule has 1 N–H and O–H groups in total. The van der Waals surface area contributed by atoms with Crippen LogP contribution in [0.15, 0.2) is 36.5 Å². The van der Waals surface area contributed by atoms with Crippen molar-refractivity contribution in [3.05, 3.63) is 42.1 Å². The van der Waals surface area contributed by atoms with E-state index in [-0.39, 0.29) is 24.9 Å². The van der Waals surface area contributed by atoms with Crippen LogP contribution < -0.4 is 5.32 Å². The van der Waals surface area contributed by atoms with Crippen LogP contribution in [0.1, 0.15) is 5.56 Å². The fourth-order valence-electron chi connectivity index (χ4n) is 2.19. The van der Waals surface area contributed by atoms with Crippen molar-refractivity contribution in [2.75, 3.05) is 13.1 Å². The minimum Gasteiger partial charge on any atom is -0.345 e. The summed E-state index contributed by atoms with van der Waals surface area (Å²) in [4.78, 5) is 28.8. The summed E-state index contributed by atoms with van der Waals surface area (Å²) in [5.41, 5.74) is 1.93. The van der Waals surface area contributed by atoms with Crippen molar-refractivity contribution in [1.82, 2.24) is 15.2 Å². The molecular formula is C14H13N3O2. The summed E-state index contributed by atoms with van der Waals surface area (Å²) < 4.78 is 0. The number of fused-ring (bicyclic) bond motifs is 1. The lowest BCUT2D eigenvalue weighted by molar-refractivity contribution is -0.141. The van der Waals surface area contributed by atoms with Gasteiger partial charge in [-0.15, -0.1) is 0 Å².